The van der Waals surface area contributed by atoms with Gasteiger partial charge >= 0.3 is 11.9 Å². The van der Waals surface area contributed by atoms with Crippen molar-refractivity contribution in [1.29, 1.82) is 0 Å². The molecule has 126 valence electrons. The third kappa shape index (κ3) is 3.49. The Morgan fingerprint density at radius 2 is 1.48 bits per heavy atom. The van der Waals surface area contributed by atoms with E-state index < -0.39 is 17.4 Å². The van der Waals surface area contributed by atoms with Crippen LogP contribution in [-0.2, 0) is 19.1 Å². The quantitative estimate of drug-likeness (QED) is 0.595. The predicted molar refractivity (Wildman–Crippen MR) is 85.2 cm³/mol. The van der Waals surface area contributed by atoms with Gasteiger partial charge in [-0.15, -0.1) is 0 Å². The Morgan fingerprint density at radius 3 is 1.87 bits per heavy atom. The van der Waals surface area contributed by atoms with Crippen LogP contribution in [0, 0.1) is 5.41 Å². The van der Waals surface area contributed by atoms with Crippen molar-refractivity contribution < 1.29 is 23.8 Å². The van der Waals surface area contributed by atoms with Crippen LogP contribution in [0.5, 0.6) is 5.75 Å². The van der Waals surface area contributed by atoms with Crippen LogP contribution in [0.4, 0.5) is 0 Å². The van der Waals surface area contributed by atoms with Crippen LogP contribution in [0.15, 0.2) is 24.3 Å². The van der Waals surface area contributed by atoms with Gasteiger partial charge in [0.15, 0.2) is 5.41 Å². The van der Waals surface area contributed by atoms with Gasteiger partial charge in [-0.3, -0.25) is 9.59 Å². The van der Waals surface area contributed by atoms with E-state index in [1.165, 1.54) is 0 Å². The molecule has 0 amide bonds. The lowest BCUT2D eigenvalue weighted by Gasteiger charge is -2.19. The van der Waals surface area contributed by atoms with E-state index in [2.05, 4.69) is 0 Å². The van der Waals surface area contributed by atoms with E-state index in [1.807, 2.05) is 24.3 Å². The smallest absolute Gasteiger partial charge is 0.324 e. The van der Waals surface area contributed by atoms with Crippen LogP contribution in [0.1, 0.15) is 45.6 Å². The van der Waals surface area contributed by atoms with E-state index in [0.29, 0.717) is 6.42 Å². The maximum atomic E-state index is 12.5. The van der Waals surface area contributed by atoms with Gasteiger partial charge in [-0.25, -0.2) is 0 Å². The number of esters is 2. The Morgan fingerprint density at radius 1 is 1.00 bits per heavy atom. The predicted octanol–water partition coefficient (Wildman–Crippen LogP) is 3.07. The number of carbonyl (C=O) groups excluding carboxylic acids is 2. The van der Waals surface area contributed by atoms with Crippen molar-refractivity contribution in [3.8, 4) is 5.75 Å². The third-order valence-corrected chi connectivity index (χ3v) is 3.89. The lowest BCUT2D eigenvalue weighted by Crippen LogP contribution is -2.34. The Kier molecular flexibility index (Phi) is 4.97. The second-order valence-corrected chi connectivity index (χ2v) is 6.41. The van der Waals surface area contributed by atoms with E-state index >= 15 is 0 Å². The first-order valence-electron chi connectivity index (χ1n) is 7.87. The van der Waals surface area contributed by atoms with Gasteiger partial charge in [0.25, 0.3) is 0 Å². The van der Waals surface area contributed by atoms with Crippen molar-refractivity contribution in [1.82, 2.24) is 0 Å². The van der Waals surface area contributed by atoms with Crippen molar-refractivity contribution >= 4 is 11.9 Å². The maximum Gasteiger partial charge on any atom is 0.324 e. The first kappa shape index (κ1) is 17.3. The van der Waals surface area contributed by atoms with Crippen LogP contribution in [0.25, 0.3) is 0 Å². The number of ether oxygens (including phenoxy) is 3. The minimum Gasteiger partial charge on any atom is -0.497 e. The monoisotopic (exact) mass is 320 g/mol. The van der Waals surface area contributed by atoms with E-state index in [-0.39, 0.29) is 18.1 Å². The minimum atomic E-state index is -1.22. The average Bonchev–Trinajstić information content (AvgIpc) is 3.23. The van der Waals surface area contributed by atoms with E-state index in [0.717, 1.165) is 11.3 Å². The summed E-state index contributed by atoms with van der Waals surface area (Å²) in [5.74, 6) is -0.488. The van der Waals surface area contributed by atoms with Crippen molar-refractivity contribution in [2.24, 2.45) is 5.41 Å². The molecule has 0 radical (unpaired) electrons. The van der Waals surface area contributed by atoms with Crippen molar-refractivity contribution in [2.45, 2.75) is 52.2 Å². The van der Waals surface area contributed by atoms with Crippen LogP contribution in [-0.4, -0.2) is 31.3 Å². The highest BCUT2D eigenvalue weighted by Gasteiger charge is 2.69. The van der Waals surface area contributed by atoms with Crippen molar-refractivity contribution in [3.05, 3.63) is 29.8 Å². The van der Waals surface area contributed by atoms with Gasteiger partial charge in [0.2, 0.25) is 0 Å². The topological polar surface area (TPSA) is 61.8 Å². The highest BCUT2D eigenvalue weighted by atomic mass is 16.6. The number of rotatable bonds is 6. The SMILES string of the molecule is COc1ccc(C2CC2(C(=O)OC(C)C)C(=O)OC(C)C)cc1. The summed E-state index contributed by atoms with van der Waals surface area (Å²) in [6, 6.07) is 7.38. The molecule has 1 fully saturated rings. The average molecular weight is 320 g/mol. The normalized spacial score (nSPS) is 18.7. The number of carbonyl (C=O) groups is 2. The maximum absolute atomic E-state index is 12.5. The van der Waals surface area contributed by atoms with E-state index in [1.54, 1.807) is 34.8 Å². The largest absolute Gasteiger partial charge is 0.497 e. The molecule has 1 aromatic rings. The highest BCUT2D eigenvalue weighted by Crippen LogP contribution is 2.61. The molecule has 0 aromatic heterocycles. The molecule has 1 atom stereocenters. The van der Waals surface area contributed by atoms with Crippen molar-refractivity contribution in [3.63, 3.8) is 0 Å². The summed E-state index contributed by atoms with van der Waals surface area (Å²) in [6.07, 6.45) is -0.136. The highest BCUT2D eigenvalue weighted by molar-refractivity contribution is 6.05. The fourth-order valence-corrected chi connectivity index (χ4v) is 2.67. The second kappa shape index (κ2) is 6.60. The molecule has 1 saturated carbocycles. The molecule has 23 heavy (non-hydrogen) atoms. The lowest BCUT2D eigenvalue weighted by atomic mass is 9.99. The first-order chi connectivity index (χ1) is 10.8. The molecule has 0 aliphatic heterocycles. The second-order valence-electron chi connectivity index (χ2n) is 6.41. The molecule has 1 aliphatic rings. The molecule has 2 rings (SSSR count). The zero-order chi connectivity index (χ0) is 17.2. The Bertz CT molecular complexity index is 552. The third-order valence-electron chi connectivity index (χ3n) is 3.89. The summed E-state index contributed by atoms with van der Waals surface area (Å²) in [4.78, 5) is 25.0. The molecular weight excluding hydrogens is 296 g/mol. The zero-order valence-electron chi connectivity index (χ0n) is 14.3. The molecular formula is C18H24O5. The van der Waals surface area contributed by atoms with Gasteiger partial charge in [0.05, 0.1) is 19.3 Å². The molecule has 1 unspecified atom stereocenters. The Balaban J connectivity index is 2.26. The summed E-state index contributed by atoms with van der Waals surface area (Å²) >= 11 is 0. The fraction of sp³-hybridized carbons (Fsp3) is 0.556. The molecule has 1 aliphatic carbocycles. The van der Waals surface area contributed by atoms with Gasteiger partial charge in [0, 0.05) is 5.92 Å². The summed E-state index contributed by atoms with van der Waals surface area (Å²) < 4.78 is 15.8. The lowest BCUT2D eigenvalue weighted by molar-refractivity contribution is -0.169. The van der Waals surface area contributed by atoms with Gasteiger partial charge in [0.1, 0.15) is 5.75 Å². The number of hydrogen-bond donors (Lipinski definition) is 0. The Labute approximate surface area is 136 Å². The molecule has 5 nitrogen and oxygen atoms in total. The molecule has 0 heterocycles. The summed E-state index contributed by atoms with van der Waals surface area (Å²) in [6.45, 7) is 7.07. The van der Waals surface area contributed by atoms with Crippen LogP contribution in [0.3, 0.4) is 0 Å². The van der Waals surface area contributed by atoms with Gasteiger partial charge in [-0.05, 0) is 51.8 Å². The van der Waals surface area contributed by atoms with Gasteiger partial charge < -0.3 is 14.2 Å². The number of benzene rings is 1. The number of hydrogen-bond acceptors (Lipinski definition) is 5. The molecule has 0 bridgehead atoms. The Hall–Kier alpha value is -2.04. The summed E-state index contributed by atoms with van der Waals surface area (Å²) in [5, 5.41) is 0. The van der Waals surface area contributed by atoms with Crippen LogP contribution >= 0.6 is 0 Å². The van der Waals surface area contributed by atoms with Crippen molar-refractivity contribution in [2.75, 3.05) is 7.11 Å². The molecule has 0 N–H and O–H groups in total. The molecule has 1 aromatic carbocycles. The molecule has 0 saturated heterocycles. The zero-order valence-corrected chi connectivity index (χ0v) is 14.3. The van der Waals surface area contributed by atoms with E-state index in [9.17, 15) is 9.59 Å². The van der Waals surface area contributed by atoms with Crippen LogP contribution < -0.4 is 4.74 Å². The standard InChI is InChI=1S/C18H24O5/c1-11(2)22-16(19)18(17(20)23-12(3)4)10-15(18)13-6-8-14(21-5)9-7-13/h6-9,11-12,15H,10H2,1-5H3. The fourth-order valence-electron chi connectivity index (χ4n) is 2.67. The van der Waals surface area contributed by atoms with Gasteiger partial charge in [-0.1, -0.05) is 12.1 Å². The molecule has 0 spiro atoms. The summed E-state index contributed by atoms with van der Waals surface area (Å²) in [7, 11) is 1.59. The molecule has 5 heteroatoms. The van der Waals surface area contributed by atoms with E-state index in [4.69, 9.17) is 14.2 Å². The minimum absolute atomic E-state index is 0.217. The van der Waals surface area contributed by atoms with Crippen LogP contribution in [0.2, 0.25) is 0 Å². The number of methoxy groups -OCH3 is 1. The van der Waals surface area contributed by atoms with Gasteiger partial charge in [-0.2, -0.15) is 0 Å². The first-order valence-corrected chi connectivity index (χ1v) is 7.87. The summed E-state index contributed by atoms with van der Waals surface area (Å²) in [5.41, 5.74) is -0.310.